The zero-order valence-corrected chi connectivity index (χ0v) is 14.4. The first-order valence-electron chi connectivity index (χ1n) is 8.53. The number of amides is 1. The van der Waals surface area contributed by atoms with Crippen molar-refractivity contribution in [2.24, 2.45) is 0 Å². The average Bonchev–Trinajstić information content (AvgIpc) is 3.30. The molecule has 0 spiro atoms. The van der Waals surface area contributed by atoms with E-state index in [9.17, 15) is 4.79 Å². The number of anilines is 1. The molecule has 8 heteroatoms. The van der Waals surface area contributed by atoms with E-state index in [1.807, 2.05) is 19.1 Å². The van der Waals surface area contributed by atoms with Gasteiger partial charge in [0.15, 0.2) is 0 Å². The van der Waals surface area contributed by atoms with Gasteiger partial charge in [0.1, 0.15) is 12.4 Å². The highest BCUT2D eigenvalue weighted by molar-refractivity contribution is 6.01. The SMILES string of the molecule is Cc1ccnc2nc(C(=O)Nc3cccc(OCC4CCCO4)c3)nn12. The summed E-state index contributed by atoms with van der Waals surface area (Å²) < 4.78 is 12.8. The van der Waals surface area contributed by atoms with Gasteiger partial charge in [-0.05, 0) is 38.0 Å². The third-order valence-electron chi connectivity index (χ3n) is 4.18. The third-order valence-corrected chi connectivity index (χ3v) is 4.18. The molecule has 1 fully saturated rings. The van der Waals surface area contributed by atoms with Crippen LogP contribution in [0.4, 0.5) is 5.69 Å². The number of benzene rings is 1. The average molecular weight is 353 g/mol. The predicted molar refractivity (Wildman–Crippen MR) is 94.4 cm³/mol. The molecular formula is C18H19N5O3. The van der Waals surface area contributed by atoms with Crippen LogP contribution in [0.15, 0.2) is 36.5 Å². The molecule has 0 radical (unpaired) electrons. The van der Waals surface area contributed by atoms with E-state index in [1.54, 1.807) is 24.4 Å². The largest absolute Gasteiger partial charge is 0.491 e. The Morgan fingerprint density at radius 2 is 2.35 bits per heavy atom. The molecule has 3 aromatic rings. The summed E-state index contributed by atoms with van der Waals surface area (Å²) in [6, 6.07) is 9.03. The molecule has 4 rings (SSSR count). The highest BCUT2D eigenvalue weighted by Gasteiger charge is 2.17. The Kier molecular flexibility index (Phi) is 4.49. The summed E-state index contributed by atoms with van der Waals surface area (Å²) in [5.41, 5.74) is 1.47. The minimum Gasteiger partial charge on any atom is -0.491 e. The van der Waals surface area contributed by atoms with Crippen LogP contribution >= 0.6 is 0 Å². The van der Waals surface area contributed by atoms with Gasteiger partial charge < -0.3 is 14.8 Å². The van der Waals surface area contributed by atoms with Gasteiger partial charge in [0.05, 0.1) is 6.10 Å². The molecule has 3 heterocycles. The number of hydrogen-bond acceptors (Lipinski definition) is 6. The maximum absolute atomic E-state index is 12.4. The Bertz CT molecular complexity index is 933. The smallest absolute Gasteiger partial charge is 0.295 e. The molecule has 1 aliphatic rings. The standard InChI is InChI=1S/C18H19N5O3/c1-12-7-8-19-18-21-16(22-23(12)18)17(24)20-13-4-2-5-14(10-13)26-11-15-6-3-9-25-15/h2,4-5,7-8,10,15H,3,6,9,11H2,1H3,(H,20,24). The molecule has 1 aliphatic heterocycles. The highest BCUT2D eigenvalue weighted by Crippen LogP contribution is 2.20. The second-order valence-electron chi connectivity index (χ2n) is 6.16. The number of aryl methyl sites for hydroxylation is 1. The lowest BCUT2D eigenvalue weighted by molar-refractivity contribution is 0.0680. The number of carbonyl (C=O) groups excluding carboxylic acids is 1. The van der Waals surface area contributed by atoms with Gasteiger partial charge >= 0.3 is 0 Å². The van der Waals surface area contributed by atoms with Crippen LogP contribution in [0.5, 0.6) is 5.75 Å². The fourth-order valence-electron chi connectivity index (χ4n) is 2.82. The Morgan fingerprint density at radius 1 is 1.42 bits per heavy atom. The molecule has 0 saturated carbocycles. The lowest BCUT2D eigenvalue weighted by Crippen LogP contribution is -2.17. The van der Waals surface area contributed by atoms with E-state index in [4.69, 9.17) is 9.47 Å². The van der Waals surface area contributed by atoms with E-state index in [0.717, 1.165) is 25.1 Å². The van der Waals surface area contributed by atoms with Gasteiger partial charge in [0.2, 0.25) is 5.82 Å². The third kappa shape index (κ3) is 3.50. The normalized spacial score (nSPS) is 16.7. The van der Waals surface area contributed by atoms with Crippen LogP contribution in [-0.4, -0.2) is 44.8 Å². The molecule has 0 aliphatic carbocycles. The van der Waals surface area contributed by atoms with E-state index in [0.29, 0.717) is 23.8 Å². The van der Waals surface area contributed by atoms with Crippen LogP contribution in [0, 0.1) is 6.92 Å². The Labute approximate surface area is 150 Å². The summed E-state index contributed by atoms with van der Waals surface area (Å²) in [5, 5.41) is 6.99. The Morgan fingerprint density at radius 3 is 3.15 bits per heavy atom. The first kappa shape index (κ1) is 16.5. The van der Waals surface area contributed by atoms with Crippen molar-refractivity contribution < 1.29 is 14.3 Å². The van der Waals surface area contributed by atoms with Crippen molar-refractivity contribution in [3.05, 3.63) is 48.0 Å². The summed E-state index contributed by atoms with van der Waals surface area (Å²) in [4.78, 5) is 20.7. The van der Waals surface area contributed by atoms with E-state index in [1.165, 1.54) is 4.52 Å². The van der Waals surface area contributed by atoms with Crippen molar-refractivity contribution in [2.75, 3.05) is 18.5 Å². The summed E-state index contributed by atoms with van der Waals surface area (Å²) in [5.74, 6) is 0.742. The lowest BCUT2D eigenvalue weighted by Gasteiger charge is -2.12. The summed E-state index contributed by atoms with van der Waals surface area (Å²) >= 11 is 0. The van der Waals surface area contributed by atoms with E-state index in [-0.39, 0.29) is 11.9 Å². The molecule has 1 atom stereocenters. The summed E-state index contributed by atoms with van der Waals surface area (Å²) in [6.07, 6.45) is 3.87. The van der Waals surface area contributed by atoms with Gasteiger partial charge in [-0.1, -0.05) is 6.07 Å². The molecule has 26 heavy (non-hydrogen) atoms. The maximum atomic E-state index is 12.4. The Hall–Kier alpha value is -3.00. The van der Waals surface area contributed by atoms with Gasteiger partial charge in [-0.2, -0.15) is 4.98 Å². The predicted octanol–water partition coefficient (Wildman–Crippen LogP) is 2.24. The monoisotopic (exact) mass is 353 g/mol. The molecule has 2 aromatic heterocycles. The summed E-state index contributed by atoms with van der Waals surface area (Å²) in [7, 11) is 0. The molecule has 1 amide bonds. The van der Waals surface area contributed by atoms with E-state index < -0.39 is 5.91 Å². The van der Waals surface area contributed by atoms with Gasteiger partial charge in [0, 0.05) is 30.3 Å². The van der Waals surface area contributed by atoms with Crippen LogP contribution in [-0.2, 0) is 4.74 Å². The van der Waals surface area contributed by atoms with Crippen molar-refractivity contribution in [2.45, 2.75) is 25.9 Å². The molecular weight excluding hydrogens is 334 g/mol. The topological polar surface area (TPSA) is 90.6 Å². The highest BCUT2D eigenvalue weighted by atomic mass is 16.5. The molecule has 1 saturated heterocycles. The summed E-state index contributed by atoms with van der Waals surface area (Å²) in [6.45, 7) is 3.18. The minimum absolute atomic E-state index is 0.0671. The lowest BCUT2D eigenvalue weighted by atomic mass is 10.2. The van der Waals surface area contributed by atoms with Gasteiger partial charge in [-0.3, -0.25) is 4.79 Å². The maximum Gasteiger partial charge on any atom is 0.295 e. The van der Waals surface area contributed by atoms with Crippen molar-refractivity contribution in [1.29, 1.82) is 0 Å². The number of carbonyl (C=O) groups is 1. The van der Waals surface area contributed by atoms with E-state index >= 15 is 0 Å². The quantitative estimate of drug-likeness (QED) is 0.756. The molecule has 1 unspecified atom stereocenters. The molecule has 134 valence electrons. The molecule has 1 N–H and O–H groups in total. The van der Waals surface area contributed by atoms with Crippen molar-refractivity contribution in [3.63, 3.8) is 0 Å². The minimum atomic E-state index is -0.397. The fourth-order valence-corrected chi connectivity index (χ4v) is 2.82. The first-order chi connectivity index (χ1) is 12.7. The second kappa shape index (κ2) is 7.09. The van der Waals surface area contributed by atoms with E-state index in [2.05, 4.69) is 20.4 Å². The zero-order valence-electron chi connectivity index (χ0n) is 14.4. The van der Waals surface area contributed by atoms with Crippen molar-refractivity contribution in [1.82, 2.24) is 19.6 Å². The molecule has 8 nitrogen and oxygen atoms in total. The number of nitrogens with one attached hydrogen (secondary N) is 1. The van der Waals surface area contributed by atoms with Crippen LogP contribution in [0.3, 0.4) is 0 Å². The molecule has 0 bridgehead atoms. The van der Waals surface area contributed by atoms with Gasteiger partial charge in [-0.25, -0.2) is 9.50 Å². The number of fused-ring (bicyclic) bond motifs is 1. The number of aromatic nitrogens is 4. The van der Waals surface area contributed by atoms with Gasteiger partial charge in [-0.15, -0.1) is 5.10 Å². The zero-order chi connectivity index (χ0) is 17.9. The van der Waals surface area contributed by atoms with Crippen LogP contribution in [0.1, 0.15) is 29.2 Å². The van der Waals surface area contributed by atoms with Crippen LogP contribution in [0.25, 0.3) is 5.78 Å². The van der Waals surface area contributed by atoms with Gasteiger partial charge in [0.25, 0.3) is 11.7 Å². The van der Waals surface area contributed by atoms with Crippen molar-refractivity contribution in [3.8, 4) is 5.75 Å². The Balaban J connectivity index is 1.44. The van der Waals surface area contributed by atoms with Crippen molar-refractivity contribution >= 4 is 17.4 Å². The molecule has 1 aromatic carbocycles. The number of rotatable bonds is 5. The first-order valence-corrected chi connectivity index (χ1v) is 8.53. The number of nitrogens with zero attached hydrogens (tertiary/aromatic N) is 4. The number of hydrogen-bond donors (Lipinski definition) is 1. The second-order valence-corrected chi connectivity index (χ2v) is 6.16. The number of ether oxygens (including phenoxy) is 2. The van der Waals surface area contributed by atoms with Crippen LogP contribution < -0.4 is 10.1 Å². The van der Waals surface area contributed by atoms with Crippen LogP contribution in [0.2, 0.25) is 0 Å². The fraction of sp³-hybridized carbons (Fsp3) is 0.333.